The number of carbonyl (C=O) groups excluding carboxylic acids is 1. The van der Waals surface area contributed by atoms with Gasteiger partial charge in [-0.05, 0) is 25.2 Å². The zero-order valence-corrected chi connectivity index (χ0v) is 6.76. The highest BCUT2D eigenvalue weighted by molar-refractivity contribution is 5.77. The van der Waals surface area contributed by atoms with Gasteiger partial charge >= 0.3 is 6.03 Å². The number of nitrogens with one attached hydrogen (secondary N) is 2. The third kappa shape index (κ3) is 1.19. The summed E-state index contributed by atoms with van der Waals surface area (Å²) in [6, 6.07) is 0.846. The highest BCUT2D eigenvalue weighted by Crippen LogP contribution is 2.26. The molecule has 1 saturated carbocycles. The molecule has 62 valence electrons. The molecule has 1 saturated heterocycles. The van der Waals surface area contributed by atoms with E-state index in [9.17, 15) is 4.79 Å². The van der Waals surface area contributed by atoms with E-state index in [1.54, 1.807) is 0 Å². The Labute approximate surface area is 66.5 Å². The molecule has 0 radical (unpaired) electrons. The third-order valence-corrected chi connectivity index (χ3v) is 2.75. The van der Waals surface area contributed by atoms with Gasteiger partial charge in [-0.3, -0.25) is 0 Å². The van der Waals surface area contributed by atoms with Crippen molar-refractivity contribution < 1.29 is 4.79 Å². The van der Waals surface area contributed by atoms with Gasteiger partial charge in [-0.15, -0.1) is 0 Å². The number of hydrogen-bond donors (Lipinski definition) is 2. The number of amides is 2. The summed E-state index contributed by atoms with van der Waals surface area (Å²) in [4.78, 5) is 10.9. The second-order valence-electron chi connectivity index (χ2n) is 3.75. The first kappa shape index (κ1) is 6.95. The van der Waals surface area contributed by atoms with Crippen molar-refractivity contribution in [3.05, 3.63) is 0 Å². The molecule has 2 aliphatic rings. The summed E-state index contributed by atoms with van der Waals surface area (Å²) in [5.74, 6) is 0.774. The fourth-order valence-electron chi connectivity index (χ4n) is 2.09. The molecule has 3 heteroatoms. The van der Waals surface area contributed by atoms with Gasteiger partial charge in [0.2, 0.25) is 0 Å². The first-order valence-corrected chi connectivity index (χ1v) is 4.33. The van der Waals surface area contributed by atoms with Gasteiger partial charge in [0, 0.05) is 0 Å². The highest BCUT2D eigenvalue weighted by atomic mass is 16.2. The molecule has 0 aromatic heterocycles. The average molecular weight is 154 g/mol. The maximum Gasteiger partial charge on any atom is 0.315 e. The average Bonchev–Trinajstić information content (AvgIpc) is 2.27. The molecular formula is C8H14N2O. The molecule has 2 fully saturated rings. The second kappa shape index (κ2) is 2.40. The standard InChI is InChI=1S/C8H14N2O/c1-5-2-3-6-7(4-5)10-8(11)9-6/h5-7H,2-4H2,1H3,(H2,9,10,11). The molecule has 1 heterocycles. The largest absolute Gasteiger partial charge is 0.333 e. The van der Waals surface area contributed by atoms with Crippen LogP contribution in [0, 0.1) is 5.92 Å². The minimum atomic E-state index is 0.0223. The Morgan fingerprint density at radius 3 is 2.82 bits per heavy atom. The van der Waals surface area contributed by atoms with Gasteiger partial charge in [0.15, 0.2) is 0 Å². The third-order valence-electron chi connectivity index (χ3n) is 2.75. The lowest BCUT2D eigenvalue weighted by atomic mass is 9.84. The van der Waals surface area contributed by atoms with Gasteiger partial charge in [0.05, 0.1) is 12.1 Å². The van der Waals surface area contributed by atoms with E-state index in [0.717, 1.165) is 18.8 Å². The molecule has 3 nitrogen and oxygen atoms in total. The van der Waals surface area contributed by atoms with Crippen LogP contribution in [0.2, 0.25) is 0 Å². The van der Waals surface area contributed by atoms with Crippen molar-refractivity contribution in [3.8, 4) is 0 Å². The summed E-state index contributed by atoms with van der Waals surface area (Å²) in [6.07, 6.45) is 3.54. The molecule has 3 unspecified atom stereocenters. The van der Waals surface area contributed by atoms with E-state index in [1.165, 1.54) is 6.42 Å². The predicted octanol–water partition coefficient (Wildman–Crippen LogP) is 0.856. The minimum absolute atomic E-state index is 0.0223. The smallest absolute Gasteiger partial charge is 0.315 e. The van der Waals surface area contributed by atoms with Crippen LogP contribution in [0.1, 0.15) is 26.2 Å². The summed E-state index contributed by atoms with van der Waals surface area (Å²) >= 11 is 0. The number of rotatable bonds is 0. The molecule has 2 amide bonds. The molecule has 2 N–H and O–H groups in total. The normalized spacial score (nSPS) is 42.6. The van der Waals surface area contributed by atoms with Crippen LogP contribution in [-0.2, 0) is 0 Å². The maximum atomic E-state index is 10.9. The molecule has 1 aliphatic carbocycles. The lowest BCUT2D eigenvalue weighted by Gasteiger charge is -2.27. The molecule has 0 aromatic rings. The summed E-state index contributed by atoms with van der Waals surface area (Å²) in [6.45, 7) is 2.25. The van der Waals surface area contributed by atoms with Gasteiger partial charge in [-0.2, -0.15) is 0 Å². The lowest BCUT2D eigenvalue weighted by Crippen LogP contribution is -2.38. The summed E-state index contributed by atoms with van der Waals surface area (Å²) in [5.41, 5.74) is 0. The molecule has 0 aromatic carbocycles. The number of carbonyl (C=O) groups is 1. The Morgan fingerprint density at radius 1 is 1.27 bits per heavy atom. The van der Waals surface area contributed by atoms with Crippen molar-refractivity contribution in [2.75, 3.05) is 0 Å². The quantitative estimate of drug-likeness (QED) is 0.533. The van der Waals surface area contributed by atoms with Crippen molar-refractivity contribution in [2.45, 2.75) is 38.3 Å². The SMILES string of the molecule is CC1CCC2NC(=O)NC2C1. The van der Waals surface area contributed by atoms with Crippen LogP contribution in [-0.4, -0.2) is 18.1 Å². The second-order valence-corrected chi connectivity index (χ2v) is 3.75. The molecular weight excluding hydrogens is 140 g/mol. The van der Waals surface area contributed by atoms with Crippen molar-refractivity contribution in [3.63, 3.8) is 0 Å². The van der Waals surface area contributed by atoms with Crippen LogP contribution in [0.5, 0.6) is 0 Å². The Bertz CT molecular complexity index is 181. The van der Waals surface area contributed by atoms with Crippen molar-refractivity contribution in [2.24, 2.45) is 5.92 Å². The molecule has 0 bridgehead atoms. The Kier molecular flexibility index (Phi) is 1.51. The zero-order chi connectivity index (χ0) is 7.84. The fraction of sp³-hybridized carbons (Fsp3) is 0.875. The van der Waals surface area contributed by atoms with Gasteiger partial charge in [-0.1, -0.05) is 6.92 Å². The van der Waals surface area contributed by atoms with Gasteiger partial charge in [-0.25, -0.2) is 4.79 Å². The first-order chi connectivity index (χ1) is 5.25. The maximum absolute atomic E-state index is 10.9. The van der Waals surface area contributed by atoms with E-state index in [-0.39, 0.29) is 6.03 Å². The molecule has 11 heavy (non-hydrogen) atoms. The van der Waals surface area contributed by atoms with E-state index in [4.69, 9.17) is 0 Å². The monoisotopic (exact) mass is 154 g/mol. The number of fused-ring (bicyclic) bond motifs is 1. The Morgan fingerprint density at radius 2 is 2.00 bits per heavy atom. The molecule has 1 aliphatic heterocycles. The molecule has 3 atom stereocenters. The van der Waals surface area contributed by atoms with Crippen molar-refractivity contribution in [1.29, 1.82) is 0 Å². The van der Waals surface area contributed by atoms with Crippen LogP contribution in [0.4, 0.5) is 4.79 Å². The van der Waals surface area contributed by atoms with Crippen molar-refractivity contribution >= 4 is 6.03 Å². The Balaban J connectivity index is 2.02. The highest BCUT2D eigenvalue weighted by Gasteiger charge is 2.35. The Hall–Kier alpha value is -0.730. The summed E-state index contributed by atoms with van der Waals surface area (Å²) in [5, 5.41) is 5.86. The van der Waals surface area contributed by atoms with E-state index in [1.807, 2.05) is 0 Å². The fourth-order valence-corrected chi connectivity index (χ4v) is 2.09. The topological polar surface area (TPSA) is 41.1 Å². The van der Waals surface area contributed by atoms with E-state index in [0.29, 0.717) is 12.1 Å². The van der Waals surface area contributed by atoms with E-state index in [2.05, 4.69) is 17.6 Å². The van der Waals surface area contributed by atoms with Gasteiger partial charge < -0.3 is 10.6 Å². The van der Waals surface area contributed by atoms with Crippen LogP contribution >= 0.6 is 0 Å². The van der Waals surface area contributed by atoms with Gasteiger partial charge in [0.25, 0.3) is 0 Å². The summed E-state index contributed by atoms with van der Waals surface area (Å²) in [7, 11) is 0. The number of urea groups is 1. The van der Waals surface area contributed by atoms with E-state index >= 15 is 0 Å². The lowest BCUT2D eigenvalue weighted by molar-refractivity contribution is 0.247. The molecule has 0 spiro atoms. The number of hydrogen-bond acceptors (Lipinski definition) is 1. The minimum Gasteiger partial charge on any atom is -0.333 e. The zero-order valence-electron chi connectivity index (χ0n) is 6.76. The van der Waals surface area contributed by atoms with Crippen LogP contribution < -0.4 is 10.6 Å². The van der Waals surface area contributed by atoms with Gasteiger partial charge in [0.1, 0.15) is 0 Å². The van der Waals surface area contributed by atoms with Crippen LogP contribution in [0.25, 0.3) is 0 Å². The van der Waals surface area contributed by atoms with Crippen molar-refractivity contribution in [1.82, 2.24) is 10.6 Å². The van der Waals surface area contributed by atoms with Crippen LogP contribution in [0.3, 0.4) is 0 Å². The van der Waals surface area contributed by atoms with Crippen LogP contribution in [0.15, 0.2) is 0 Å². The predicted molar refractivity (Wildman–Crippen MR) is 42.3 cm³/mol. The first-order valence-electron chi connectivity index (χ1n) is 4.33. The van der Waals surface area contributed by atoms with E-state index < -0.39 is 0 Å². The molecule has 2 rings (SSSR count). The summed E-state index contributed by atoms with van der Waals surface area (Å²) < 4.78 is 0.